The van der Waals surface area contributed by atoms with Crippen molar-refractivity contribution in [2.75, 3.05) is 44.7 Å². The third-order valence-electron chi connectivity index (χ3n) is 4.65. The van der Waals surface area contributed by atoms with Crippen LogP contribution in [0.15, 0.2) is 42.0 Å². The van der Waals surface area contributed by atoms with Crippen LogP contribution in [0.5, 0.6) is 0 Å². The van der Waals surface area contributed by atoms with Gasteiger partial charge in [0.15, 0.2) is 0 Å². The van der Waals surface area contributed by atoms with Crippen LogP contribution in [0.1, 0.15) is 6.42 Å². The molecule has 1 fully saturated rings. The SMILES string of the molecule is c1ccc(-c2csc3ncnc(NCCC[NH+]4CCOCC4)c23)cc1. The van der Waals surface area contributed by atoms with Crippen molar-refractivity contribution in [3.05, 3.63) is 42.0 Å². The fraction of sp³-hybridized carbons (Fsp3) is 0.368. The molecule has 130 valence electrons. The lowest BCUT2D eigenvalue weighted by Gasteiger charge is -2.23. The Morgan fingerprint density at radius 1 is 1.12 bits per heavy atom. The second-order valence-electron chi connectivity index (χ2n) is 6.31. The summed E-state index contributed by atoms with van der Waals surface area (Å²) < 4.78 is 5.42. The van der Waals surface area contributed by atoms with Crippen molar-refractivity contribution in [1.82, 2.24) is 9.97 Å². The molecule has 0 bridgehead atoms. The topological polar surface area (TPSA) is 51.5 Å². The minimum absolute atomic E-state index is 0.893. The van der Waals surface area contributed by atoms with Crippen LogP contribution in [0.4, 0.5) is 5.82 Å². The second-order valence-corrected chi connectivity index (χ2v) is 7.17. The lowest BCUT2D eigenvalue weighted by molar-refractivity contribution is -0.908. The molecular weight excluding hydrogens is 332 g/mol. The molecule has 1 aromatic carbocycles. The van der Waals surface area contributed by atoms with E-state index in [0.717, 1.165) is 55.3 Å². The van der Waals surface area contributed by atoms with Crippen molar-refractivity contribution in [1.29, 1.82) is 0 Å². The first-order valence-electron chi connectivity index (χ1n) is 8.84. The Bertz CT molecular complexity index is 815. The van der Waals surface area contributed by atoms with Crippen LogP contribution in [-0.2, 0) is 4.74 Å². The summed E-state index contributed by atoms with van der Waals surface area (Å²) in [7, 11) is 0. The molecule has 0 atom stereocenters. The summed E-state index contributed by atoms with van der Waals surface area (Å²) in [6.07, 6.45) is 2.79. The van der Waals surface area contributed by atoms with Gasteiger partial charge in [0.2, 0.25) is 0 Å². The Balaban J connectivity index is 1.47. The van der Waals surface area contributed by atoms with E-state index in [1.54, 1.807) is 22.6 Å². The molecule has 1 saturated heterocycles. The fourth-order valence-electron chi connectivity index (χ4n) is 3.29. The van der Waals surface area contributed by atoms with Crippen molar-refractivity contribution in [2.24, 2.45) is 0 Å². The lowest BCUT2D eigenvalue weighted by atomic mass is 10.1. The molecule has 0 radical (unpaired) electrons. The number of thiophene rings is 1. The van der Waals surface area contributed by atoms with Gasteiger partial charge in [-0.3, -0.25) is 0 Å². The van der Waals surface area contributed by atoms with E-state index in [1.807, 2.05) is 6.07 Å². The summed E-state index contributed by atoms with van der Waals surface area (Å²) in [6, 6.07) is 10.5. The predicted molar refractivity (Wildman–Crippen MR) is 102 cm³/mol. The predicted octanol–water partition coefficient (Wildman–Crippen LogP) is 2.08. The first-order chi connectivity index (χ1) is 12.4. The van der Waals surface area contributed by atoms with Gasteiger partial charge >= 0.3 is 0 Å². The number of nitrogens with zero attached hydrogens (tertiary/aromatic N) is 2. The van der Waals surface area contributed by atoms with Crippen LogP contribution in [0.3, 0.4) is 0 Å². The fourth-order valence-corrected chi connectivity index (χ4v) is 4.21. The molecule has 0 unspecified atom stereocenters. The number of quaternary nitrogens is 1. The maximum Gasteiger partial charge on any atom is 0.138 e. The Labute approximate surface area is 151 Å². The van der Waals surface area contributed by atoms with Gasteiger partial charge in [-0.2, -0.15) is 0 Å². The zero-order chi connectivity index (χ0) is 16.9. The third-order valence-corrected chi connectivity index (χ3v) is 5.54. The van der Waals surface area contributed by atoms with Gasteiger partial charge in [-0.25, -0.2) is 9.97 Å². The number of morpholine rings is 1. The van der Waals surface area contributed by atoms with Crippen molar-refractivity contribution in [3.63, 3.8) is 0 Å². The summed E-state index contributed by atoms with van der Waals surface area (Å²) in [5.74, 6) is 0.946. The maximum atomic E-state index is 5.42. The van der Waals surface area contributed by atoms with Gasteiger partial charge in [-0.15, -0.1) is 11.3 Å². The summed E-state index contributed by atoms with van der Waals surface area (Å²) >= 11 is 1.68. The Hall–Kier alpha value is -2.02. The van der Waals surface area contributed by atoms with Crippen molar-refractivity contribution in [2.45, 2.75) is 6.42 Å². The number of fused-ring (bicyclic) bond motifs is 1. The molecule has 2 N–H and O–H groups in total. The molecule has 4 rings (SSSR count). The van der Waals surface area contributed by atoms with E-state index in [2.05, 4.69) is 44.9 Å². The zero-order valence-corrected chi connectivity index (χ0v) is 15.0. The van der Waals surface area contributed by atoms with E-state index < -0.39 is 0 Å². The molecule has 0 aliphatic carbocycles. The summed E-state index contributed by atoms with van der Waals surface area (Å²) in [5, 5.41) is 6.85. The minimum Gasteiger partial charge on any atom is -0.370 e. The van der Waals surface area contributed by atoms with E-state index in [1.165, 1.54) is 17.7 Å². The first kappa shape index (κ1) is 16.4. The second kappa shape index (κ2) is 7.91. The van der Waals surface area contributed by atoms with Gasteiger partial charge in [-0.1, -0.05) is 30.3 Å². The maximum absolute atomic E-state index is 5.42. The van der Waals surface area contributed by atoms with Gasteiger partial charge in [0.25, 0.3) is 0 Å². The molecular formula is C19H23N4OS+. The number of hydrogen-bond donors (Lipinski definition) is 2. The van der Waals surface area contributed by atoms with E-state index >= 15 is 0 Å². The summed E-state index contributed by atoms with van der Waals surface area (Å²) in [5.41, 5.74) is 2.42. The molecule has 25 heavy (non-hydrogen) atoms. The first-order valence-corrected chi connectivity index (χ1v) is 9.72. The highest BCUT2D eigenvalue weighted by Gasteiger charge is 2.14. The monoisotopic (exact) mass is 355 g/mol. The minimum atomic E-state index is 0.893. The quantitative estimate of drug-likeness (QED) is 0.665. The summed E-state index contributed by atoms with van der Waals surface area (Å²) in [6.45, 7) is 6.15. The van der Waals surface area contributed by atoms with Crippen LogP contribution >= 0.6 is 11.3 Å². The number of rotatable bonds is 6. The van der Waals surface area contributed by atoms with Crippen LogP contribution in [0, 0.1) is 0 Å². The molecule has 1 aliphatic rings. The zero-order valence-electron chi connectivity index (χ0n) is 14.2. The molecule has 1 aliphatic heterocycles. The highest BCUT2D eigenvalue weighted by Crippen LogP contribution is 2.36. The number of benzene rings is 1. The van der Waals surface area contributed by atoms with Gasteiger partial charge in [0.05, 0.1) is 25.1 Å². The van der Waals surface area contributed by atoms with Crippen molar-refractivity contribution >= 4 is 27.4 Å². The van der Waals surface area contributed by atoms with E-state index in [0.29, 0.717) is 0 Å². The van der Waals surface area contributed by atoms with Gasteiger partial charge in [0, 0.05) is 23.9 Å². The molecule has 5 nitrogen and oxygen atoms in total. The van der Waals surface area contributed by atoms with Gasteiger partial charge in [0.1, 0.15) is 30.1 Å². The lowest BCUT2D eigenvalue weighted by Crippen LogP contribution is -3.14. The van der Waals surface area contributed by atoms with E-state index in [-0.39, 0.29) is 0 Å². The van der Waals surface area contributed by atoms with Crippen LogP contribution in [0.2, 0.25) is 0 Å². The smallest absolute Gasteiger partial charge is 0.138 e. The van der Waals surface area contributed by atoms with Crippen molar-refractivity contribution < 1.29 is 9.64 Å². The van der Waals surface area contributed by atoms with Gasteiger partial charge < -0.3 is 15.0 Å². The van der Waals surface area contributed by atoms with Gasteiger partial charge in [-0.05, 0) is 5.56 Å². The molecule has 0 spiro atoms. The van der Waals surface area contributed by atoms with Crippen molar-refractivity contribution in [3.8, 4) is 11.1 Å². The van der Waals surface area contributed by atoms with Crippen LogP contribution < -0.4 is 10.2 Å². The van der Waals surface area contributed by atoms with E-state index in [9.17, 15) is 0 Å². The number of anilines is 1. The molecule has 2 aromatic heterocycles. The number of hydrogen-bond acceptors (Lipinski definition) is 5. The normalized spacial score (nSPS) is 15.5. The van der Waals surface area contributed by atoms with Crippen LogP contribution in [0.25, 0.3) is 21.3 Å². The number of nitrogens with one attached hydrogen (secondary N) is 2. The highest BCUT2D eigenvalue weighted by atomic mass is 32.1. The molecule has 6 heteroatoms. The molecule has 3 heterocycles. The molecule has 0 amide bonds. The Morgan fingerprint density at radius 2 is 1.96 bits per heavy atom. The Morgan fingerprint density at radius 3 is 2.80 bits per heavy atom. The van der Waals surface area contributed by atoms with E-state index in [4.69, 9.17) is 4.74 Å². The molecule has 0 saturated carbocycles. The number of ether oxygens (including phenoxy) is 1. The van der Waals surface area contributed by atoms with Crippen LogP contribution in [-0.4, -0.2) is 49.4 Å². The average Bonchev–Trinajstić information content (AvgIpc) is 3.12. The molecule has 3 aromatic rings. The number of aromatic nitrogens is 2. The highest BCUT2D eigenvalue weighted by molar-refractivity contribution is 7.17. The largest absolute Gasteiger partial charge is 0.370 e. The standard InChI is InChI=1S/C19H22N4OS/c1-2-5-15(6-3-1)16-13-25-19-17(16)18(21-14-22-19)20-7-4-8-23-9-11-24-12-10-23/h1-3,5-6,13-14H,4,7-12H2,(H,20,21,22)/p+1. The Kier molecular flexibility index (Phi) is 5.20. The third kappa shape index (κ3) is 3.81. The average molecular weight is 355 g/mol. The summed E-state index contributed by atoms with van der Waals surface area (Å²) in [4.78, 5) is 11.6.